The molecule has 4 rings (SSSR count). The van der Waals surface area contributed by atoms with E-state index in [0.29, 0.717) is 13.1 Å². The lowest BCUT2D eigenvalue weighted by Gasteiger charge is -2.32. The summed E-state index contributed by atoms with van der Waals surface area (Å²) in [6.45, 7) is 7.11. The summed E-state index contributed by atoms with van der Waals surface area (Å²) in [5.41, 5.74) is 9.51. The Labute approximate surface area is 176 Å². The van der Waals surface area contributed by atoms with Crippen LogP contribution in [0.2, 0.25) is 0 Å². The smallest absolute Gasteiger partial charge is 0.410 e. The molecule has 0 unspecified atom stereocenters. The van der Waals surface area contributed by atoms with Gasteiger partial charge in [-0.25, -0.2) is 14.8 Å². The highest BCUT2D eigenvalue weighted by Gasteiger charge is 2.26. The van der Waals surface area contributed by atoms with Gasteiger partial charge in [-0.15, -0.1) is 0 Å². The number of nitrogens with two attached hydrogens (primary N) is 1. The zero-order valence-electron chi connectivity index (χ0n) is 17.6. The molecule has 0 atom stereocenters. The van der Waals surface area contributed by atoms with Gasteiger partial charge in [0.1, 0.15) is 17.8 Å². The van der Waals surface area contributed by atoms with Crippen molar-refractivity contribution >= 4 is 34.3 Å². The standard InChI is InChI=1S/C22H28N6O2/c1-14(2)30-22(29)27-9-6-17(7-10-27)28-11-8-18-20(24-13-25-21(18)28)26-19-5-4-16(23)12-15(19)3/h4-5,8,11-14,17H,6-7,9-10,23H2,1-3H3,(H,24,25,26). The molecule has 1 aliphatic rings. The van der Waals surface area contributed by atoms with E-state index >= 15 is 0 Å². The topological polar surface area (TPSA) is 98.3 Å². The summed E-state index contributed by atoms with van der Waals surface area (Å²) in [7, 11) is 0. The van der Waals surface area contributed by atoms with Crippen LogP contribution in [0.3, 0.4) is 0 Å². The Kier molecular flexibility index (Phi) is 5.48. The van der Waals surface area contributed by atoms with Crippen LogP contribution < -0.4 is 11.1 Å². The van der Waals surface area contributed by atoms with E-state index in [4.69, 9.17) is 10.5 Å². The van der Waals surface area contributed by atoms with Crippen LogP contribution in [0, 0.1) is 6.92 Å². The number of hydrogen-bond acceptors (Lipinski definition) is 6. The summed E-state index contributed by atoms with van der Waals surface area (Å²) in [5, 5.41) is 4.38. The van der Waals surface area contributed by atoms with Crippen molar-refractivity contribution in [1.29, 1.82) is 0 Å². The quantitative estimate of drug-likeness (QED) is 0.626. The van der Waals surface area contributed by atoms with Gasteiger partial charge in [0.05, 0.1) is 11.5 Å². The number of ether oxygens (including phenoxy) is 1. The third kappa shape index (κ3) is 4.03. The van der Waals surface area contributed by atoms with Crippen molar-refractivity contribution in [2.75, 3.05) is 24.1 Å². The normalized spacial score (nSPS) is 15.0. The number of anilines is 3. The van der Waals surface area contributed by atoms with Crippen molar-refractivity contribution in [3.05, 3.63) is 42.4 Å². The van der Waals surface area contributed by atoms with Crippen LogP contribution in [0.25, 0.3) is 11.0 Å². The number of likely N-dealkylation sites (tertiary alicyclic amines) is 1. The van der Waals surface area contributed by atoms with Gasteiger partial charge in [0.25, 0.3) is 0 Å². The molecular weight excluding hydrogens is 380 g/mol. The van der Waals surface area contributed by atoms with Gasteiger partial charge in [-0.05, 0) is 63.4 Å². The van der Waals surface area contributed by atoms with Gasteiger partial charge >= 0.3 is 6.09 Å². The lowest BCUT2D eigenvalue weighted by Crippen LogP contribution is -2.40. The second-order valence-electron chi connectivity index (χ2n) is 8.03. The van der Waals surface area contributed by atoms with Crippen LogP contribution in [0.5, 0.6) is 0 Å². The number of rotatable bonds is 4. The summed E-state index contributed by atoms with van der Waals surface area (Å²) >= 11 is 0. The van der Waals surface area contributed by atoms with Crippen molar-refractivity contribution in [2.24, 2.45) is 0 Å². The molecule has 0 bridgehead atoms. The first-order valence-electron chi connectivity index (χ1n) is 10.3. The number of aromatic nitrogens is 3. The molecule has 1 saturated heterocycles. The van der Waals surface area contributed by atoms with Crippen molar-refractivity contribution < 1.29 is 9.53 Å². The van der Waals surface area contributed by atoms with Crippen molar-refractivity contribution in [2.45, 2.75) is 45.8 Å². The molecule has 8 heteroatoms. The second-order valence-corrected chi connectivity index (χ2v) is 8.03. The number of piperidine rings is 1. The minimum atomic E-state index is -0.228. The van der Waals surface area contributed by atoms with Gasteiger partial charge in [-0.1, -0.05) is 0 Å². The number of carbonyl (C=O) groups excluding carboxylic acids is 1. The molecule has 1 aliphatic heterocycles. The van der Waals surface area contributed by atoms with Gasteiger partial charge in [0, 0.05) is 36.7 Å². The molecule has 1 aromatic carbocycles. The molecule has 0 radical (unpaired) electrons. The van der Waals surface area contributed by atoms with Gasteiger partial charge in [-0.3, -0.25) is 0 Å². The molecule has 2 aromatic heterocycles. The Morgan fingerprint density at radius 3 is 2.70 bits per heavy atom. The zero-order valence-corrected chi connectivity index (χ0v) is 17.6. The Morgan fingerprint density at radius 2 is 2.00 bits per heavy atom. The summed E-state index contributed by atoms with van der Waals surface area (Å²) in [6, 6.07) is 8.10. The number of benzene rings is 1. The zero-order chi connectivity index (χ0) is 21.3. The molecule has 0 spiro atoms. The van der Waals surface area contributed by atoms with E-state index in [0.717, 1.165) is 46.6 Å². The summed E-state index contributed by atoms with van der Waals surface area (Å²) in [5.74, 6) is 0.768. The molecule has 3 aromatic rings. The van der Waals surface area contributed by atoms with Gasteiger partial charge in [0.15, 0.2) is 0 Å². The maximum Gasteiger partial charge on any atom is 0.410 e. The highest BCUT2D eigenvalue weighted by Crippen LogP contribution is 2.31. The van der Waals surface area contributed by atoms with Gasteiger partial charge in [-0.2, -0.15) is 0 Å². The number of nitrogens with one attached hydrogen (secondary N) is 1. The number of carbonyl (C=O) groups is 1. The maximum atomic E-state index is 12.1. The number of nitrogens with zero attached hydrogens (tertiary/aromatic N) is 4. The minimum Gasteiger partial charge on any atom is -0.447 e. The average Bonchev–Trinajstić information content (AvgIpc) is 3.15. The molecule has 0 saturated carbocycles. The molecule has 30 heavy (non-hydrogen) atoms. The fourth-order valence-electron chi connectivity index (χ4n) is 3.92. The van der Waals surface area contributed by atoms with Crippen LogP contribution in [0.4, 0.5) is 22.0 Å². The van der Waals surface area contributed by atoms with E-state index in [1.165, 1.54) is 0 Å². The first-order chi connectivity index (χ1) is 14.4. The highest BCUT2D eigenvalue weighted by atomic mass is 16.6. The van der Waals surface area contributed by atoms with E-state index in [-0.39, 0.29) is 18.2 Å². The predicted molar refractivity (Wildman–Crippen MR) is 118 cm³/mol. The molecular formula is C22H28N6O2. The second kappa shape index (κ2) is 8.22. The van der Waals surface area contributed by atoms with E-state index in [1.807, 2.05) is 45.0 Å². The fraction of sp³-hybridized carbons (Fsp3) is 0.409. The number of hydrogen-bond donors (Lipinski definition) is 2. The van der Waals surface area contributed by atoms with E-state index in [1.54, 1.807) is 11.2 Å². The van der Waals surface area contributed by atoms with E-state index < -0.39 is 0 Å². The maximum absolute atomic E-state index is 12.1. The number of aryl methyl sites for hydroxylation is 1. The lowest BCUT2D eigenvalue weighted by molar-refractivity contribution is 0.0663. The largest absolute Gasteiger partial charge is 0.447 e. The molecule has 158 valence electrons. The summed E-state index contributed by atoms with van der Waals surface area (Å²) in [6.07, 6.45) is 5.04. The summed E-state index contributed by atoms with van der Waals surface area (Å²) < 4.78 is 7.52. The highest BCUT2D eigenvalue weighted by molar-refractivity contribution is 5.89. The number of fused-ring (bicyclic) bond motifs is 1. The van der Waals surface area contributed by atoms with E-state index in [2.05, 4.69) is 26.0 Å². The van der Waals surface area contributed by atoms with Crippen LogP contribution in [-0.2, 0) is 4.74 Å². The van der Waals surface area contributed by atoms with Crippen molar-refractivity contribution in [3.63, 3.8) is 0 Å². The monoisotopic (exact) mass is 408 g/mol. The van der Waals surface area contributed by atoms with Gasteiger partial charge < -0.3 is 25.3 Å². The summed E-state index contributed by atoms with van der Waals surface area (Å²) in [4.78, 5) is 22.9. The molecule has 1 fully saturated rings. The third-order valence-corrected chi connectivity index (χ3v) is 5.47. The Balaban J connectivity index is 1.52. The van der Waals surface area contributed by atoms with E-state index in [9.17, 15) is 4.79 Å². The van der Waals surface area contributed by atoms with Gasteiger partial charge in [0.2, 0.25) is 0 Å². The van der Waals surface area contributed by atoms with Crippen LogP contribution in [0.1, 0.15) is 38.3 Å². The fourth-order valence-corrected chi connectivity index (χ4v) is 3.92. The van der Waals surface area contributed by atoms with Crippen LogP contribution in [-0.4, -0.2) is 44.7 Å². The number of amides is 1. The predicted octanol–water partition coefficient (Wildman–Crippen LogP) is 4.25. The number of nitrogen functional groups attached to an aromatic ring is 1. The third-order valence-electron chi connectivity index (χ3n) is 5.47. The Bertz CT molecular complexity index is 1050. The average molecular weight is 409 g/mol. The Hall–Kier alpha value is -3.29. The first-order valence-corrected chi connectivity index (χ1v) is 10.3. The van der Waals surface area contributed by atoms with Crippen molar-refractivity contribution in [1.82, 2.24) is 19.4 Å². The lowest BCUT2D eigenvalue weighted by atomic mass is 10.1. The van der Waals surface area contributed by atoms with Crippen LogP contribution >= 0.6 is 0 Å². The molecule has 8 nitrogen and oxygen atoms in total. The molecule has 0 aliphatic carbocycles. The Morgan fingerprint density at radius 1 is 1.23 bits per heavy atom. The van der Waals surface area contributed by atoms with Crippen molar-refractivity contribution in [3.8, 4) is 0 Å². The van der Waals surface area contributed by atoms with Crippen LogP contribution in [0.15, 0.2) is 36.8 Å². The minimum absolute atomic E-state index is 0.101. The molecule has 3 heterocycles. The SMILES string of the molecule is Cc1cc(N)ccc1Nc1ncnc2c1ccn2C1CCN(C(=O)OC(C)C)CC1. The molecule has 3 N–H and O–H groups in total. The molecule has 1 amide bonds. The first kappa shape index (κ1) is 20.0.